The fraction of sp³-hybridized carbons (Fsp3) is 0.684. The van der Waals surface area contributed by atoms with Crippen LogP contribution in [0.1, 0.15) is 64.9 Å². The van der Waals surface area contributed by atoms with E-state index in [4.69, 9.17) is 0 Å². The van der Waals surface area contributed by atoms with E-state index in [0.29, 0.717) is 6.04 Å². The molecule has 0 fully saturated rings. The van der Waals surface area contributed by atoms with E-state index >= 15 is 0 Å². The molecule has 0 amide bonds. The molecule has 114 valence electrons. The Hall–Kier alpha value is -0.820. The van der Waals surface area contributed by atoms with Gasteiger partial charge < -0.3 is 5.32 Å². The molecule has 1 aromatic rings. The lowest BCUT2D eigenvalue weighted by Crippen LogP contribution is -2.31. The van der Waals surface area contributed by atoms with Crippen molar-refractivity contribution in [3.05, 3.63) is 35.9 Å². The van der Waals surface area contributed by atoms with E-state index in [0.717, 1.165) is 12.5 Å². The van der Waals surface area contributed by atoms with Crippen LogP contribution in [0.15, 0.2) is 30.3 Å². The average Bonchev–Trinajstić information content (AvgIpc) is 2.50. The highest BCUT2D eigenvalue weighted by molar-refractivity contribution is 5.14. The third-order valence-electron chi connectivity index (χ3n) is 4.28. The minimum atomic E-state index is 0.682. The van der Waals surface area contributed by atoms with Gasteiger partial charge in [0.2, 0.25) is 0 Å². The highest BCUT2D eigenvalue weighted by Crippen LogP contribution is 2.20. The van der Waals surface area contributed by atoms with Crippen molar-refractivity contribution in [3.63, 3.8) is 0 Å². The maximum absolute atomic E-state index is 3.69. The van der Waals surface area contributed by atoms with Crippen molar-refractivity contribution in [2.75, 3.05) is 6.54 Å². The van der Waals surface area contributed by atoms with Crippen LogP contribution in [0.25, 0.3) is 0 Å². The van der Waals surface area contributed by atoms with E-state index in [1.165, 1.54) is 50.5 Å². The molecule has 1 N–H and O–H groups in total. The number of hydrogen-bond donors (Lipinski definition) is 1. The molecule has 0 saturated carbocycles. The van der Waals surface area contributed by atoms with Gasteiger partial charge in [-0.1, -0.05) is 76.8 Å². The van der Waals surface area contributed by atoms with E-state index in [1.54, 1.807) is 0 Å². The zero-order chi connectivity index (χ0) is 14.6. The zero-order valence-electron chi connectivity index (χ0n) is 13.7. The summed E-state index contributed by atoms with van der Waals surface area (Å²) in [5.74, 6) is 0.898. The largest absolute Gasteiger partial charge is 0.314 e. The molecule has 2 unspecified atom stereocenters. The molecular formula is C19H33N. The Bertz CT molecular complexity index is 320. The molecule has 1 aromatic carbocycles. The normalized spacial score (nSPS) is 14.2. The van der Waals surface area contributed by atoms with Gasteiger partial charge in [0.05, 0.1) is 0 Å². The van der Waals surface area contributed by atoms with E-state index in [1.807, 2.05) is 0 Å². The van der Waals surface area contributed by atoms with Crippen molar-refractivity contribution in [2.45, 2.75) is 71.8 Å². The van der Waals surface area contributed by atoms with Gasteiger partial charge in [0, 0.05) is 6.04 Å². The summed E-state index contributed by atoms with van der Waals surface area (Å²) in [7, 11) is 0. The highest BCUT2D eigenvalue weighted by atomic mass is 14.9. The van der Waals surface area contributed by atoms with Crippen molar-refractivity contribution >= 4 is 0 Å². The molecule has 1 nitrogen and oxygen atoms in total. The van der Waals surface area contributed by atoms with Crippen LogP contribution in [0, 0.1) is 5.92 Å². The van der Waals surface area contributed by atoms with Crippen LogP contribution in [-0.4, -0.2) is 12.6 Å². The molecule has 0 saturated heterocycles. The van der Waals surface area contributed by atoms with Crippen molar-refractivity contribution in [1.29, 1.82) is 0 Å². The van der Waals surface area contributed by atoms with Crippen molar-refractivity contribution < 1.29 is 0 Å². The van der Waals surface area contributed by atoms with Crippen molar-refractivity contribution in [3.8, 4) is 0 Å². The monoisotopic (exact) mass is 275 g/mol. The molecule has 1 heteroatoms. The summed E-state index contributed by atoms with van der Waals surface area (Å²) in [6.07, 6.45) is 9.25. The molecule has 0 spiro atoms. The smallest absolute Gasteiger partial charge is 0.00727 e. The first-order valence-corrected chi connectivity index (χ1v) is 8.57. The summed E-state index contributed by atoms with van der Waals surface area (Å²) in [6.45, 7) is 7.95. The summed E-state index contributed by atoms with van der Waals surface area (Å²) < 4.78 is 0. The second kappa shape index (κ2) is 10.9. The number of nitrogens with one attached hydrogen (secondary N) is 1. The lowest BCUT2D eigenvalue weighted by atomic mass is 9.89. The standard InChI is InChI=1S/C19H33N/c1-4-7-11-17(5-2)16-19(20-6-3)15-14-18-12-9-8-10-13-18/h8-10,12-13,17,19-20H,4-7,11,14-16H2,1-3H3. The molecule has 0 heterocycles. The molecule has 0 aliphatic carbocycles. The van der Waals surface area contributed by atoms with Gasteiger partial charge in [-0.25, -0.2) is 0 Å². The minimum Gasteiger partial charge on any atom is -0.314 e. The van der Waals surface area contributed by atoms with E-state index in [2.05, 4.69) is 56.4 Å². The SMILES string of the molecule is CCCCC(CC)CC(CCc1ccccc1)NCC. The fourth-order valence-corrected chi connectivity index (χ4v) is 2.96. The van der Waals surface area contributed by atoms with E-state index < -0.39 is 0 Å². The summed E-state index contributed by atoms with van der Waals surface area (Å²) in [5.41, 5.74) is 1.47. The first-order chi connectivity index (χ1) is 9.80. The number of unbranched alkanes of at least 4 members (excludes halogenated alkanes) is 1. The minimum absolute atomic E-state index is 0.682. The van der Waals surface area contributed by atoms with Gasteiger partial charge in [-0.05, 0) is 37.3 Å². The number of aryl methyl sites for hydroxylation is 1. The Morgan fingerprint density at radius 3 is 2.35 bits per heavy atom. The Morgan fingerprint density at radius 1 is 1.00 bits per heavy atom. The molecule has 0 bridgehead atoms. The van der Waals surface area contributed by atoms with Crippen LogP contribution in [0.5, 0.6) is 0 Å². The maximum atomic E-state index is 3.69. The second-order valence-electron chi connectivity index (χ2n) is 5.93. The molecule has 20 heavy (non-hydrogen) atoms. The molecule has 0 radical (unpaired) electrons. The van der Waals surface area contributed by atoms with Crippen molar-refractivity contribution in [1.82, 2.24) is 5.32 Å². The van der Waals surface area contributed by atoms with Crippen LogP contribution in [-0.2, 0) is 6.42 Å². The molecule has 0 aliphatic rings. The van der Waals surface area contributed by atoms with Gasteiger partial charge in [0.25, 0.3) is 0 Å². The summed E-state index contributed by atoms with van der Waals surface area (Å²) in [4.78, 5) is 0. The van der Waals surface area contributed by atoms with E-state index in [9.17, 15) is 0 Å². The lowest BCUT2D eigenvalue weighted by Gasteiger charge is -2.23. The third kappa shape index (κ3) is 7.09. The Balaban J connectivity index is 2.42. The zero-order valence-corrected chi connectivity index (χ0v) is 13.7. The molecule has 2 atom stereocenters. The van der Waals surface area contributed by atoms with Crippen molar-refractivity contribution in [2.24, 2.45) is 5.92 Å². The summed E-state index contributed by atoms with van der Waals surface area (Å²) in [5, 5.41) is 3.69. The quantitative estimate of drug-likeness (QED) is 0.585. The number of benzene rings is 1. The predicted molar refractivity (Wildman–Crippen MR) is 90.2 cm³/mol. The Kier molecular flexibility index (Phi) is 9.40. The lowest BCUT2D eigenvalue weighted by molar-refractivity contribution is 0.341. The number of rotatable bonds is 11. The van der Waals surface area contributed by atoms with Gasteiger partial charge in [0.1, 0.15) is 0 Å². The Labute approximate surface area is 126 Å². The van der Waals surface area contributed by atoms with Gasteiger partial charge >= 0.3 is 0 Å². The summed E-state index contributed by atoms with van der Waals surface area (Å²) in [6, 6.07) is 11.6. The van der Waals surface area contributed by atoms with Gasteiger partial charge in [-0.15, -0.1) is 0 Å². The fourth-order valence-electron chi connectivity index (χ4n) is 2.96. The molecule has 1 rings (SSSR count). The molecule has 0 aliphatic heterocycles. The molecule has 0 aromatic heterocycles. The third-order valence-corrected chi connectivity index (χ3v) is 4.28. The Morgan fingerprint density at radius 2 is 1.75 bits per heavy atom. The number of hydrogen-bond acceptors (Lipinski definition) is 1. The van der Waals surface area contributed by atoms with Crippen LogP contribution in [0.2, 0.25) is 0 Å². The predicted octanol–water partition coefficient (Wildman–Crippen LogP) is 5.20. The first-order valence-electron chi connectivity index (χ1n) is 8.57. The van der Waals surface area contributed by atoms with Crippen LogP contribution < -0.4 is 5.32 Å². The maximum Gasteiger partial charge on any atom is 0.00727 e. The molecular weight excluding hydrogens is 242 g/mol. The first kappa shape index (κ1) is 17.2. The van der Waals surface area contributed by atoms with Gasteiger partial charge in [-0.3, -0.25) is 0 Å². The van der Waals surface area contributed by atoms with Gasteiger partial charge in [-0.2, -0.15) is 0 Å². The van der Waals surface area contributed by atoms with Gasteiger partial charge in [0.15, 0.2) is 0 Å². The topological polar surface area (TPSA) is 12.0 Å². The van der Waals surface area contributed by atoms with Crippen LogP contribution >= 0.6 is 0 Å². The second-order valence-corrected chi connectivity index (χ2v) is 5.93. The average molecular weight is 275 g/mol. The summed E-state index contributed by atoms with van der Waals surface area (Å²) >= 11 is 0. The van der Waals surface area contributed by atoms with E-state index in [-0.39, 0.29) is 0 Å². The van der Waals surface area contributed by atoms with Crippen LogP contribution in [0.4, 0.5) is 0 Å². The van der Waals surface area contributed by atoms with Crippen LogP contribution in [0.3, 0.4) is 0 Å². The highest BCUT2D eigenvalue weighted by Gasteiger charge is 2.14.